The average molecular weight is 423 g/mol. The number of amides is 1. The Morgan fingerprint density at radius 1 is 0.938 bits per heavy atom. The summed E-state index contributed by atoms with van der Waals surface area (Å²) in [6.45, 7) is 0.755. The predicted molar refractivity (Wildman–Crippen MR) is 128 cm³/mol. The number of rotatable bonds is 4. The Morgan fingerprint density at radius 3 is 2.41 bits per heavy atom. The van der Waals surface area contributed by atoms with Crippen molar-refractivity contribution in [3.05, 3.63) is 89.6 Å². The van der Waals surface area contributed by atoms with Crippen LogP contribution in [0, 0.1) is 0 Å². The largest absolute Gasteiger partial charge is 0.352 e. The molecule has 6 rings (SSSR count). The molecule has 1 aliphatic heterocycles. The Hall–Kier alpha value is -3.37. The van der Waals surface area contributed by atoms with Crippen molar-refractivity contribution in [2.24, 2.45) is 0 Å². The molecular weight excluding hydrogens is 394 g/mol. The van der Waals surface area contributed by atoms with Crippen LogP contribution in [-0.2, 0) is 12.8 Å². The molecule has 3 N–H and O–H groups in total. The molecule has 1 saturated carbocycles. The van der Waals surface area contributed by atoms with Gasteiger partial charge in [0.1, 0.15) is 5.69 Å². The van der Waals surface area contributed by atoms with E-state index in [9.17, 15) is 4.79 Å². The number of carbonyl (C=O) groups is 1. The maximum Gasteiger partial charge on any atom is 0.270 e. The van der Waals surface area contributed by atoms with Crippen molar-refractivity contribution >= 4 is 16.8 Å². The fourth-order valence-corrected chi connectivity index (χ4v) is 5.02. The summed E-state index contributed by atoms with van der Waals surface area (Å²) in [6.07, 6.45) is 4.34. The summed E-state index contributed by atoms with van der Waals surface area (Å²) in [5, 5.41) is 1.18. The van der Waals surface area contributed by atoms with Crippen molar-refractivity contribution in [2.75, 3.05) is 13.6 Å². The van der Waals surface area contributed by atoms with Crippen LogP contribution < -0.4 is 5.73 Å². The highest BCUT2D eigenvalue weighted by Gasteiger charge is 2.42. The van der Waals surface area contributed by atoms with Crippen LogP contribution in [0.2, 0.25) is 0 Å². The highest BCUT2D eigenvalue weighted by Crippen LogP contribution is 2.37. The Labute approximate surface area is 188 Å². The van der Waals surface area contributed by atoms with E-state index in [1.807, 2.05) is 18.0 Å². The quantitative estimate of drug-likeness (QED) is 0.525. The number of aromatic nitrogens is 1. The second-order valence-electron chi connectivity index (χ2n) is 9.58. The van der Waals surface area contributed by atoms with Gasteiger partial charge in [0, 0.05) is 43.9 Å². The third-order valence-electron chi connectivity index (χ3n) is 7.16. The summed E-state index contributed by atoms with van der Waals surface area (Å²) in [5.41, 5.74) is 12.4. The number of carbonyl (C=O) groups excluding carboxylic acids is 1. The zero-order valence-electron chi connectivity index (χ0n) is 18.5. The number of hydrogen-bond acceptors (Lipinski definition) is 1. The van der Waals surface area contributed by atoms with Gasteiger partial charge < -0.3 is 15.2 Å². The van der Waals surface area contributed by atoms with Crippen LogP contribution in [0.25, 0.3) is 27.7 Å². The Morgan fingerprint density at radius 2 is 1.69 bits per heavy atom. The minimum absolute atomic E-state index is 0.0995. The summed E-state index contributed by atoms with van der Waals surface area (Å²) >= 11 is 0. The molecule has 1 amide bonds. The van der Waals surface area contributed by atoms with E-state index in [4.69, 9.17) is 0 Å². The van der Waals surface area contributed by atoms with E-state index in [1.165, 1.54) is 40.5 Å². The van der Waals surface area contributed by atoms with Crippen LogP contribution in [0.5, 0.6) is 0 Å². The highest BCUT2D eigenvalue weighted by molar-refractivity contribution is 6.04. The molecule has 4 nitrogen and oxygen atoms in total. The summed E-state index contributed by atoms with van der Waals surface area (Å²) in [7, 11) is 1.90. The Bertz CT molecular complexity index is 1330. The van der Waals surface area contributed by atoms with Crippen LogP contribution in [0.3, 0.4) is 0 Å². The fraction of sp³-hybridized carbons (Fsp3) is 0.250. The standard InChI is InChI=1S/C28H27N3O/c1-30-16-13-23-24-17-21(20-5-3-2-4-6-20)9-12-25(24)31(26(23)27(30)32)22-10-7-19(8-11-22)18-28(29)14-15-28/h2-12,17H,13-16,18,29H2,1H3/p+1. The van der Waals surface area contributed by atoms with E-state index in [2.05, 4.69) is 77.0 Å². The van der Waals surface area contributed by atoms with Crippen LogP contribution in [0.4, 0.5) is 0 Å². The normalized spacial score (nSPS) is 16.9. The molecule has 3 aromatic carbocycles. The van der Waals surface area contributed by atoms with Gasteiger partial charge in [-0.3, -0.25) is 4.79 Å². The molecule has 1 aliphatic carbocycles. The van der Waals surface area contributed by atoms with E-state index >= 15 is 0 Å². The third kappa shape index (κ3) is 3.14. The topological polar surface area (TPSA) is 52.9 Å². The van der Waals surface area contributed by atoms with Gasteiger partial charge in [0.05, 0.1) is 11.1 Å². The van der Waals surface area contributed by atoms with Crippen LogP contribution in [0.15, 0.2) is 72.8 Å². The molecule has 0 unspecified atom stereocenters. The van der Waals surface area contributed by atoms with Gasteiger partial charge in [-0.15, -0.1) is 0 Å². The lowest BCUT2D eigenvalue weighted by Gasteiger charge is -2.24. The minimum atomic E-state index is 0.0995. The van der Waals surface area contributed by atoms with E-state index in [0.717, 1.165) is 36.3 Å². The minimum Gasteiger partial charge on any atom is -0.352 e. The van der Waals surface area contributed by atoms with Gasteiger partial charge in [0.25, 0.3) is 5.91 Å². The maximum atomic E-state index is 13.3. The zero-order chi connectivity index (χ0) is 21.9. The number of likely N-dealkylation sites (N-methyl/N-ethyl adjacent to an activating group) is 1. The van der Waals surface area contributed by atoms with E-state index in [0.29, 0.717) is 0 Å². The van der Waals surface area contributed by atoms with Gasteiger partial charge >= 0.3 is 0 Å². The second-order valence-corrected chi connectivity index (χ2v) is 9.58. The number of benzene rings is 3. The molecule has 2 aliphatic rings. The van der Waals surface area contributed by atoms with Gasteiger partial charge in [-0.1, -0.05) is 48.5 Å². The smallest absolute Gasteiger partial charge is 0.270 e. The Kier molecular flexibility index (Phi) is 4.27. The molecular formula is C28H28N3O+. The number of fused-ring (bicyclic) bond motifs is 3. The van der Waals surface area contributed by atoms with E-state index < -0.39 is 0 Å². The zero-order valence-corrected chi connectivity index (χ0v) is 18.5. The third-order valence-corrected chi connectivity index (χ3v) is 7.16. The first-order chi connectivity index (χ1) is 15.5. The molecule has 0 saturated heterocycles. The molecule has 1 fully saturated rings. The monoisotopic (exact) mass is 422 g/mol. The summed E-state index contributed by atoms with van der Waals surface area (Å²) in [5.74, 6) is 0.0995. The molecule has 0 spiro atoms. The van der Waals surface area contributed by atoms with Gasteiger partial charge in [-0.2, -0.15) is 0 Å². The average Bonchev–Trinajstić information content (AvgIpc) is 3.45. The SMILES string of the molecule is CN1CCc2c(n(-c3ccc(CC4([NH3+])CC4)cc3)c3ccc(-c4ccccc4)cc23)C1=O. The first-order valence-electron chi connectivity index (χ1n) is 11.5. The lowest BCUT2D eigenvalue weighted by molar-refractivity contribution is -0.437. The molecule has 32 heavy (non-hydrogen) atoms. The highest BCUT2D eigenvalue weighted by atomic mass is 16.2. The van der Waals surface area contributed by atoms with Crippen molar-refractivity contribution < 1.29 is 10.5 Å². The summed E-state index contributed by atoms with van der Waals surface area (Å²) in [6, 6.07) is 25.8. The lowest BCUT2D eigenvalue weighted by Crippen LogP contribution is -2.64. The molecule has 0 atom stereocenters. The second kappa shape index (κ2) is 7.07. The predicted octanol–water partition coefficient (Wildman–Crippen LogP) is 4.24. The summed E-state index contributed by atoms with van der Waals surface area (Å²) < 4.78 is 2.16. The number of nitrogens with zero attached hydrogens (tertiary/aromatic N) is 2. The first-order valence-corrected chi connectivity index (χ1v) is 11.5. The number of hydrogen-bond donors (Lipinski definition) is 1. The van der Waals surface area contributed by atoms with Gasteiger partial charge in [-0.25, -0.2) is 0 Å². The lowest BCUT2D eigenvalue weighted by atomic mass is 9.99. The molecule has 0 bridgehead atoms. The van der Waals surface area contributed by atoms with Crippen molar-refractivity contribution in [1.29, 1.82) is 0 Å². The van der Waals surface area contributed by atoms with Crippen molar-refractivity contribution in [2.45, 2.75) is 31.2 Å². The molecule has 4 aromatic rings. The summed E-state index contributed by atoms with van der Waals surface area (Å²) in [4.78, 5) is 15.1. The molecule has 2 heterocycles. The van der Waals surface area contributed by atoms with Crippen LogP contribution in [0.1, 0.15) is 34.5 Å². The van der Waals surface area contributed by atoms with Crippen molar-refractivity contribution in [1.82, 2.24) is 9.47 Å². The maximum absolute atomic E-state index is 13.3. The first kappa shape index (κ1) is 19.3. The molecule has 4 heteroatoms. The molecule has 1 aromatic heterocycles. The van der Waals surface area contributed by atoms with Crippen molar-refractivity contribution in [3.63, 3.8) is 0 Å². The molecule has 160 valence electrons. The number of quaternary nitrogens is 1. The molecule has 0 radical (unpaired) electrons. The van der Waals surface area contributed by atoms with Gasteiger partial charge in [-0.05, 0) is 52.9 Å². The van der Waals surface area contributed by atoms with Crippen molar-refractivity contribution in [3.8, 4) is 16.8 Å². The Balaban J connectivity index is 1.51. The van der Waals surface area contributed by atoms with E-state index in [-0.39, 0.29) is 11.4 Å². The fourth-order valence-electron chi connectivity index (χ4n) is 5.02. The van der Waals surface area contributed by atoms with Crippen LogP contribution in [-0.4, -0.2) is 34.5 Å². The van der Waals surface area contributed by atoms with Crippen LogP contribution >= 0.6 is 0 Å². The van der Waals surface area contributed by atoms with E-state index in [1.54, 1.807) is 0 Å². The van der Waals surface area contributed by atoms with Gasteiger partial charge in [0.15, 0.2) is 0 Å². The van der Waals surface area contributed by atoms with Gasteiger partial charge in [0.2, 0.25) is 0 Å².